The molecule has 1 N–H and O–H groups in total. The second-order valence-corrected chi connectivity index (χ2v) is 10.7. The standard InChI is InChI=1S/C32H35BrN4O4/c1-6-7-8-29-36-30-31(37(29)19-21-10-13-24(39-3)17-28(21)41-5)25-15-22(33)11-14-26(25)35-32(30)34-18-20-9-12-23(38-2)16-27(20)40-4/h9-17H,6-8,18-19H2,1-5H3,(H,34,35). The van der Waals surface area contributed by atoms with Gasteiger partial charge in [0.25, 0.3) is 0 Å². The molecule has 9 heteroatoms. The summed E-state index contributed by atoms with van der Waals surface area (Å²) in [6.07, 6.45) is 2.96. The average Bonchev–Trinajstić information content (AvgIpc) is 3.37. The predicted molar refractivity (Wildman–Crippen MR) is 167 cm³/mol. The minimum atomic E-state index is 0.515. The third-order valence-corrected chi connectivity index (χ3v) is 7.73. The molecule has 0 fully saturated rings. The zero-order chi connectivity index (χ0) is 28.9. The van der Waals surface area contributed by atoms with Gasteiger partial charge in [0.1, 0.15) is 34.3 Å². The molecule has 0 aliphatic heterocycles. The first kappa shape index (κ1) is 28.5. The lowest BCUT2D eigenvalue weighted by atomic mass is 10.1. The van der Waals surface area contributed by atoms with Crippen molar-refractivity contribution >= 4 is 43.7 Å². The molecule has 3 aromatic carbocycles. The van der Waals surface area contributed by atoms with E-state index < -0.39 is 0 Å². The number of aryl methyl sites for hydroxylation is 1. The fourth-order valence-electron chi connectivity index (χ4n) is 5.06. The fourth-order valence-corrected chi connectivity index (χ4v) is 5.42. The maximum atomic E-state index is 5.76. The Balaban J connectivity index is 1.66. The molecule has 2 heterocycles. The molecule has 0 saturated carbocycles. The molecule has 0 saturated heterocycles. The average molecular weight is 620 g/mol. The molecule has 5 aromatic rings. The molecule has 8 nitrogen and oxygen atoms in total. The number of unbranched alkanes of at least 4 members (excludes halogenated alkanes) is 1. The first-order valence-corrected chi connectivity index (χ1v) is 14.4. The van der Waals surface area contributed by atoms with Crippen LogP contribution in [0.2, 0.25) is 0 Å². The van der Waals surface area contributed by atoms with Gasteiger partial charge < -0.3 is 28.8 Å². The number of halogens is 1. The summed E-state index contributed by atoms with van der Waals surface area (Å²) >= 11 is 3.67. The number of benzene rings is 3. The van der Waals surface area contributed by atoms with Gasteiger partial charge in [0.05, 0.1) is 46.0 Å². The Morgan fingerprint density at radius 3 is 2.15 bits per heavy atom. The Kier molecular flexibility index (Phi) is 8.83. The van der Waals surface area contributed by atoms with Crippen LogP contribution in [0.25, 0.3) is 21.9 Å². The zero-order valence-corrected chi connectivity index (χ0v) is 25.7. The van der Waals surface area contributed by atoms with Crippen LogP contribution in [0.3, 0.4) is 0 Å². The molecule has 0 amide bonds. The van der Waals surface area contributed by atoms with Gasteiger partial charge in [-0.3, -0.25) is 0 Å². The third kappa shape index (κ3) is 5.91. The van der Waals surface area contributed by atoms with Crippen molar-refractivity contribution in [2.24, 2.45) is 0 Å². The highest BCUT2D eigenvalue weighted by Gasteiger charge is 2.20. The van der Waals surface area contributed by atoms with E-state index in [9.17, 15) is 0 Å². The Bertz CT molecular complexity index is 1680. The normalized spacial score (nSPS) is 11.2. The van der Waals surface area contributed by atoms with Crippen LogP contribution in [-0.2, 0) is 19.5 Å². The van der Waals surface area contributed by atoms with Crippen LogP contribution < -0.4 is 24.3 Å². The molecule has 0 spiro atoms. The van der Waals surface area contributed by atoms with E-state index in [-0.39, 0.29) is 0 Å². The molecule has 0 aliphatic rings. The summed E-state index contributed by atoms with van der Waals surface area (Å²) in [5.74, 6) is 4.77. The Labute approximate surface area is 248 Å². The number of pyridine rings is 1. The SMILES string of the molecule is CCCCc1nc2c(NCc3ccc(OC)cc3OC)nc3ccc(Br)cc3c2n1Cc1ccc(OC)cc1OC. The fraction of sp³-hybridized carbons (Fsp3) is 0.312. The summed E-state index contributed by atoms with van der Waals surface area (Å²) < 4.78 is 25.5. The summed E-state index contributed by atoms with van der Waals surface area (Å²) in [4.78, 5) is 10.2. The minimum Gasteiger partial charge on any atom is -0.497 e. The summed E-state index contributed by atoms with van der Waals surface area (Å²) in [7, 11) is 6.66. The van der Waals surface area contributed by atoms with Gasteiger partial charge in [-0.05, 0) is 48.9 Å². The second-order valence-electron chi connectivity index (χ2n) is 9.75. The van der Waals surface area contributed by atoms with E-state index in [1.165, 1.54) is 0 Å². The minimum absolute atomic E-state index is 0.515. The zero-order valence-electron chi connectivity index (χ0n) is 24.1. The molecule has 0 atom stereocenters. The highest BCUT2D eigenvalue weighted by molar-refractivity contribution is 9.10. The lowest BCUT2D eigenvalue weighted by molar-refractivity contribution is 0.390. The van der Waals surface area contributed by atoms with Crippen LogP contribution in [0, 0.1) is 0 Å². The van der Waals surface area contributed by atoms with Crippen LogP contribution in [0.1, 0.15) is 36.7 Å². The van der Waals surface area contributed by atoms with E-state index in [0.717, 1.165) is 91.4 Å². The highest BCUT2D eigenvalue weighted by atomic mass is 79.9. The number of nitrogens with zero attached hydrogens (tertiary/aromatic N) is 3. The van der Waals surface area contributed by atoms with Crippen molar-refractivity contribution in [1.82, 2.24) is 14.5 Å². The molecule has 0 aliphatic carbocycles. The van der Waals surface area contributed by atoms with Crippen molar-refractivity contribution in [3.8, 4) is 23.0 Å². The Morgan fingerprint density at radius 1 is 0.805 bits per heavy atom. The van der Waals surface area contributed by atoms with Crippen molar-refractivity contribution in [1.29, 1.82) is 0 Å². The maximum Gasteiger partial charge on any atom is 0.155 e. The van der Waals surface area contributed by atoms with E-state index in [2.05, 4.69) is 44.9 Å². The van der Waals surface area contributed by atoms with Gasteiger partial charge in [-0.15, -0.1) is 0 Å². The van der Waals surface area contributed by atoms with Gasteiger partial charge in [0.15, 0.2) is 5.82 Å². The van der Waals surface area contributed by atoms with Crippen molar-refractivity contribution in [3.63, 3.8) is 0 Å². The van der Waals surface area contributed by atoms with Crippen molar-refractivity contribution in [3.05, 3.63) is 76.0 Å². The van der Waals surface area contributed by atoms with Gasteiger partial charge in [-0.2, -0.15) is 0 Å². The van der Waals surface area contributed by atoms with E-state index in [4.69, 9.17) is 28.9 Å². The van der Waals surface area contributed by atoms with Crippen molar-refractivity contribution in [2.75, 3.05) is 33.8 Å². The topological polar surface area (TPSA) is 79.7 Å². The van der Waals surface area contributed by atoms with Gasteiger partial charge in [-0.25, -0.2) is 9.97 Å². The number of hydrogen-bond donors (Lipinski definition) is 1. The van der Waals surface area contributed by atoms with Crippen LogP contribution >= 0.6 is 15.9 Å². The molecular weight excluding hydrogens is 584 g/mol. The predicted octanol–water partition coefficient (Wildman–Crippen LogP) is 7.38. The number of rotatable bonds is 12. The van der Waals surface area contributed by atoms with Crippen molar-refractivity contribution in [2.45, 2.75) is 39.3 Å². The molecule has 0 unspecified atom stereocenters. The quantitative estimate of drug-likeness (QED) is 0.156. The first-order valence-electron chi connectivity index (χ1n) is 13.6. The van der Waals surface area contributed by atoms with Gasteiger partial charge >= 0.3 is 0 Å². The van der Waals surface area contributed by atoms with Crippen LogP contribution in [0.4, 0.5) is 5.82 Å². The summed E-state index contributed by atoms with van der Waals surface area (Å²) in [5.41, 5.74) is 4.79. The Morgan fingerprint density at radius 2 is 1.49 bits per heavy atom. The molecule has 41 heavy (non-hydrogen) atoms. The third-order valence-electron chi connectivity index (χ3n) is 7.23. The monoisotopic (exact) mass is 618 g/mol. The van der Waals surface area contributed by atoms with Gasteiger partial charge in [-0.1, -0.05) is 29.3 Å². The summed E-state index contributed by atoms with van der Waals surface area (Å²) in [5, 5.41) is 4.59. The number of imidazole rings is 1. The van der Waals surface area contributed by atoms with Crippen molar-refractivity contribution < 1.29 is 18.9 Å². The Hall–Kier alpha value is -3.98. The van der Waals surface area contributed by atoms with E-state index >= 15 is 0 Å². The number of fused-ring (bicyclic) bond motifs is 3. The van der Waals surface area contributed by atoms with Crippen LogP contribution in [-0.4, -0.2) is 43.0 Å². The molecular formula is C32H35BrN4O4. The largest absolute Gasteiger partial charge is 0.497 e. The smallest absolute Gasteiger partial charge is 0.155 e. The number of methoxy groups -OCH3 is 4. The summed E-state index contributed by atoms with van der Waals surface area (Å²) in [6.45, 7) is 3.31. The lowest BCUT2D eigenvalue weighted by Crippen LogP contribution is -2.08. The van der Waals surface area contributed by atoms with E-state index in [1.54, 1.807) is 28.4 Å². The first-order chi connectivity index (χ1) is 20.0. The molecule has 2 aromatic heterocycles. The van der Waals surface area contributed by atoms with E-state index in [1.807, 2.05) is 42.5 Å². The van der Waals surface area contributed by atoms with E-state index in [0.29, 0.717) is 13.1 Å². The van der Waals surface area contributed by atoms with Crippen LogP contribution in [0.15, 0.2) is 59.1 Å². The van der Waals surface area contributed by atoms with Gasteiger partial charge in [0.2, 0.25) is 0 Å². The maximum absolute atomic E-state index is 5.76. The van der Waals surface area contributed by atoms with Gasteiger partial charge in [0, 0.05) is 46.1 Å². The summed E-state index contributed by atoms with van der Waals surface area (Å²) in [6, 6.07) is 17.9. The number of aromatic nitrogens is 3. The second kappa shape index (κ2) is 12.7. The van der Waals surface area contributed by atoms with Crippen LogP contribution in [0.5, 0.6) is 23.0 Å². The highest BCUT2D eigenvalue weighted by Crippen LogP contribution is 2.35. The molecule has 214 valence electrons. The lowest BCUT2D eigenvalue weighted by Gasteiger charge is -2.15. The molecule has 0 bridgehead atoms. The number of hydrogen-bond acceptors (Lipinski definition) is 7. The number of anilines is 1. The number of nitrogens with one attached hydrogen (secondary N) is 1. The molecule has 0 radical (unpaired) electrons. The molecule has 5 rings (SSSR count). The number of ether oxygens (including phenoxy) is 4.